The van der Waals surface area contributed by atoms with Crippen molar-refractivity contribution in [1.29, 1.82) is 0 Å². The van der Waals surface area contributed by atoms with Gasteiger partial charge in [0.05, 0.1) is 5.75 Å². The summed E-state index contributed by atoms with van der Waals surface area (Å²) < 4.78 is 13.7. The molecule has 5 rings (SSSR count). The van der Waals surface area contributed by atoms with E-state index in [0.717, 1.165) is 5.76 Å². The van der Waals surface area contributed by atoms with Crippen molar-refractivity contribution in [2.75, 3.05) is 18.2 Å². The summed E-state index contributed by atoms with van der Waals surface area (Å²) in [5.41, 5.74) is 1.56. The van der Waals surface area contributed by atoms with E-state index in [2.05, 4.69) is 32.4 Å². The molecule has 0 saturated carbocycles. The van der Waals surface area contributed by atoms with Gasteiger partial charge in [0.1, 0.15) is 24.5 Å². The number of fused-ring (bicyclic) bond motifs is 1. The van der Waals surface area contributed by atoms with Crippen LogP contribution in [-0.2, 0) is 9.47 Å². The summed E-state index contributed by atoms with van der Waals surface area (Å²) in [7, 11) is 1.64. The van der Waals surface area contributed by atoms with Crippen LogP contribution in [0.2, 0.25) is 0 Å². The monoisotopic (exact) mass is 459 g/mol. The molecule has 9 heteroatoms. The Labute approximate surface area is 194 Å². The third-order valence-corrected chi connectivity index (χ3v) is 6.23. The third kappa shape index (κ3) is 4.46. The number of methoxy groups -OCH3 is 1. The standard InChI is InChI=1S/C24H21N5O3S/c1-31-19-12-17(13-33-18-10-6-3-7-11-18)32-24(19)29-15-27-20-21(25-14-26-22(20)29)28-23(30)16-8-4-2-5-9-16/h2-12,14-15,19,24H,13H2,1H3,(H,25,26,28,30)/t19-,24-/m1/s1. The van der Waals surface area contributed by atoms with Crippen LogP contribution in [0, 0.1) is 0 Å². The molecule has 2 atom stereocenters. The van der Waals surface area contributed by atoms with Gasteiger partial charge in [0, 0.05) is 17.6 Å². The highest BCUT2D eigenvalue weighted by molar-refractivity contribution is 7.99. The Morgan fingerprint density at radius 1 is 1.09 bits per heavy atom. The van der Waals surface area contributed by atoms with Crippen LogP contribution in [0.1, 0.15) is 16.6 Å². The molecule has 0 bridgehead atoms. The van der Waals surface area contributed by atoms with Crippen LogP contribution >= 0.6 is 11.8 Å². The van der Waals surface area contributed by atoms with Crippen molar-refractivity contribution in [2.24, 2.45) is 0 Å². The number of nitrogens with one attached hydrogen (secondary N) is 1. The lowest BCUT2D eigenvalue weighted by atomic mass is 10.2. The minimum Gasteiger partial charge on any atom is -0.471 e. The van der Waals surface area contributed by atoms with Crippen LogP contribution in [0.4, 0.5) is 5.82 Å². The Bertz CT molecular complexity index is 1290. The van der Waals surface area contributed by atoms with Crippen molar-refractivity contribution in [3.8, 4) is 0 Å². The number of benzene rings is 2. The predicted octanol–water partition coefficient (Wildman–Crippen LogP) is 4.30. The molecule has 0 aliphatic carbocycles. The molecule has 1 aliphatic heterocycles. The molecule has 0 spiro atoms. The number of carbonyl (C=O) groups excluding carboxylic acids is 1. The molecule has 0 saturated heterocycles. The first-order valence-corrected chi connectivity index (χ1v) is 11.3. The molecule has 2 aromatic carbocycles. The van der Waals surface area contributed by atoms with Gasteiger partial charge in [-0.3, -0.25) is 9.36 Å². The summed E-state index contributed by atoms with van der Waals surface area (Å²) in [6.07, 6.45) is 4.25. The van der Waals surface area contributed by atoms with Crippen molar-refractivity contribution >= 4 is 34.7 Å². The number of thioether (sulfide) groups is 1. The van der Waals surface area contributed by atoms with Gasteiger partial charge in [0.25, 0.3) is 5.91 Å². The van der Waals surface area contributed by atoms with Gasteiger partial charge in [-0.25, -0.2) is 15.0 Å². The maximum Gasteiger partial charge on any atom is 0.256 e. The minimum atomic E-state index is -0.459. The Kier molecular flexibility index (Phi) is 6.05. The van der Waals surface area contributed by atoms with Gasteiger partial charge in [0.2, 0.25) is 6.23 Å². The number of nitrogens with zero attached hydrogens (tertiary/aromatic N) is 4. The smallest absolute Gasteiger partial charge is 0.256 e. The van der Waals surface area contributed by atoms with Gasteiger partial charge < -0.3 is 14.8 Å². The van der Waals surface area contributed by atoms with Gasteiger partial charge >= 0.3 is 0 Å². The van der Waals surface area contributed by atoms with Gasteiger partial charge in [-0.2, -0.15) is 0 Å². The third-order valence-electron chi connectivity index (χ3n) is 5.20. The molecule has 3 heterocycles. The zero-order chi connectivity index (χ0) is 22.6. The van der Waals surface area contributed by atoms with E-state index >= 15 is 0 Å². The summed E-state index contributed by atoms with van der Waals surface area (Å²) in [5, 5.41) is 2.82. The molecule has 33 heavy (non-hydrogen) atoms. The van der Waals surface area contributed by atoms with Crippen molar-refractivity contribution in [1.82, 2.24) is 19.5 Å². The fourth-order valence-corrected chi connectivity index (χ4v) is 4.40. The number of aromatic nitrogens is 4. The van der Waals surface area contributed by atoms with Crippen molar-refractivity contribution in [3.05, 3.63) is 90.7 Å². The van der Waals surface area contributed by atoms with E-state index in [9.17, 15) is 4.79 Å². The van der Waals surface area contributed by atoms with E-state index < -0.39 is 6.23 Å². The highest BCUT2D eigenvalue weighted by Crippen LogP contribution is 2.34. The Hall–Kier alpha value is -3.69. The van der Waals surface area contributed by atoms with Gasteiger partial charge in [-0.05, 0) is 30.3 Å². The normalized spacial score (nSPS) is 17.5. The van der Waals surface area contributed by atoms with E-state index in [-0.39, 0.29) is 12.0 Å². The zero-order valence-corrected chi connectivity index (χ0v) is 18.6. The average molecular weight is 460 g/mol. The van der Waals surface area contributed by atoms with Crippen LogP contribution in [0.3, 0.4) is 0 Å². The second-order valence-electron chi connectivity index (χ2n) is 7.31. The molecule has 166 valence electrons. The average Bonchev–Trinajstić information content (AvgIpc) is 3.48. The highest BCUT2D eigenvalue weighted by atomic mass is 32.2. The molecule has 1 N–H and O–H groups in total. The number of imidazole rings is 1. The minimum absolute atomic E-state index is 0.265. The first-order chi connectivity index (χ1) is 16.2. The van der Waals surface area contributed by atoms with Crippen LogP contribution in [0.25, 0.3) is 11.2 Å². The molecule has 0 unspecified atom stereocenters. The largest absolute Gasteiger partial charge is 0.471 e. The first kappa shape index (κ1) is 21.2. The number of amides is 1. The van der Waals surface area contributed by atoms with E-state index in [1.54, 1.807) is 41.9 Å². The quantitative estimate of drug-likeness (QED) is 0.412. The van der Waals surface area contributed by atoms with E-state index in [1.165, 1.54) is 11.2 Å². The number of hydrogen-bond acceptors (Lipinski definition) is 7. The molecular weight excluding hydrogens is 438 g/mol. The number of anilines is 1. The van der Waals surface area contributed by atoms with Gasteiger partial charge in [-0.15, -0.1) is 11.8 Å². The lowest BCUT2D eigenvalue weighted by Crippen LogP contribution is -2.22. The lowest BCUT2D eigenvalue weighted by molar-refractivity contribution is -0.0175. The van der Waals surface area contributed by atoms with Crippen LogP contribution < -0.4 is 5.32 Å². The SMILES string of the molecule is CO[C@@H]1C=C(CSc2ccccc2)O[C@H]1n1cnc2c(NC(=O)c3ccccc3)ncnc21. The van der Waals surface area contributed by atoms with Crippen molar-refractivity contribution < 1.29 is 14.3 Å². The lowest BCUT2D eigenvalue weighted by Gasteiger charge is -2.20. The molecule has 4 aromatic rings. The summed E-state index contributed by atoms with van der Waals surface area (Å²) in [6, 6.07) is 19.1. The van der Waals surface area contributed by atoms with Gasteiger partial charge in [0.15, 0.2) is 17.0 Å². The van der Waals surface area contributed by atoms with Crippen LogP contribution in [0.15, 0.2) is 90.0 Å². The van der Waals surface area contributed by atoms with Gasteiger partial charge in [-0.1, -0.05) is 36.4 Å². The molecule has 1 amide bonds. The molecule has 8 nitrogen and oxygen atoms in total. The van der Waals surface area contributed by atoms with E-state index in [0.29, 0.717) is 28.3 Å². The second kappa shape index (κ2) is 9.43. The Morgan fingerprint density at radius 2 is 1.85 bits per heavy atom. The van der Waals surface area contributed by atoms with Crippen LogP contribution in [-0.4, -0.2) is 44.4 Å². The van der Waals surface area contributed by atoms with Crippen molar-refractivity contribution in [3.63, 3.8) is 0 Å². The number of carbonyl (C=O) groups is 1. The fraction of sp³-hybridized carbons (Fsp3) is 0.167. The van der Waals surface area contributed by atoms with E-state index in [1.807, 2.05) is 42.5 Å². The second-order valence-corrected chi connectivity index (χ2v) is 8.36. The summed E-state index contributed by atoms with van der Waals surface area (Å²) >= 11 is 1.69. The number of ether oxygens (including phenoxy) is 2. The molecule has 0 fully saturated rings. The number of rotatable bonds is 7. The Morgan fingerprint density at radius 3 is 2.61 bits per heavy atom. The topological polar surface area (TPSA) is 91.2 Å². The van der Waals surface area contributed by atoms with Crippen LogP contribution in [0.5, 0.6) is 0 Å². The summed E-state index contributed by atoms with van der Waals surface area (Å²) in [6.45, 7) is 0. The highest BCUT2D eigenvalue weighted by Gasteiger charge is 2.32. The molecule has 0 radical (unpaired) electrons. The van der Waals surface area contributed by atoms with Crippen molar-refractivity contribution in [2.45, 2.75) is 17.2 Å². The zero-order valence-electron chi connectivity index (χ0n) is 17.8. The molecule has 2 aromatic heterocycles. The maximum absolute atomic E-state index is 12.6. The van der Waals surface area contributed by atoms with E-state index in [4.69, 9.17) is 9.47 Å². The predicted molar refractivity (Wildman–Crippen MR) is 126 cm³/mol. The molecular formula is C24H21N5O3S. The first-order valence-electron chi connectivity index (χ1n) is 10.3. The summed E-state index contributed by atoms with van der Waals surface area (Å²) in [4.78, 5) is 26.8. The molecule has 1 aliphatic rings. The fourth-order valence-electron chi connectivity index (χ4n) is 3.58. The number of hydrogen-bond donors (Lipinski definition) is 1. The maximum atomic E-state index is 12.6. The Balaban J connectivity index is 1.35. The summed E-state index contributed by atoms with van der Waals surface area (Å²) in [5.74, 6) is 1.58.